The fraction of sp³-hybridized carbons (Fsp3) is 0.319. The topological polar surface area (TPSA) is 155 Å². The Bertz CT molecular complexity index is 2960. The maximum Gasteiger partial charge on any atom is 0.390 e. The number of nitrogens with zero attached hydrogens (tertiary/aromatic N) is 6. The first-order valence-electron chi connectivity index (χ1n) is 21.6. The van der Waals surface area contributed by atoms with E-state index in [9.17, 15) is 35.9 Å². The van der Waals surface area contributed by atoms with Gasteiger partial charge in [-0.15, -0.1) is 5.10 Å². The van der Waals surface area contributed by atoms with E-state index in [1.54, 1.807) is 45.7 Å². The molecule has 4 aromatic heterocycles. The minimum absolute atomic E-state index is 0.0864. The summed E-state index contributed by atoms with van der Waals surface area (Å²) in [4.78, 5) is 33.7. The highest BCUT2D eigenvalue weighted by molar-refractivity contribution is 9.10. The van der Waals surface area contributed by atoms with Gasteiger partial charge in [-0.3, -0.25) is 9.59 Å². The van der Waals surface area contributed by atoms with Crippen LogP contribution in [0.15, 0.2) is 89.8 Å². The Balaban J connectivity index is 0.000000186. The lowest BCUT2D eigenvalue weighted by Crippen LogP contribution is -2.26. The Morgan fingerprint density at radius 2 is 1.15 bits per heavy atom. The highest BCUT2D eigenvalue weighted by atomic mass is 79.9. The van der Waals surface area contributed by atoms with Crippen LogP contribution in [0.5, 0.6) is 0 Å². The molecule has 9 rings (SSSR count). The molecule has 13 nitrogen and oxygen atoms in total. The lowest BCUT2D eigenvalue weighted by atomic mass is 10.0. The van der Waals surface area contributed by atoms with Crippen LogP contribution in [0.2, 0.25) is 0 Å². The zero-order valence-corrected chi connectivity index (χ0v) is 38.1. The van der Waals surface area contributed by atoms with Gasteiger partial charge in [0.2, 0.25) is 0 Å². The van der Waals surface area contributed by atoms with Crippen LogP contribution in [0.1, 0.15) is 75.9 Å². The molecular weight excluding hydrogens is 944 g/mol. The summed E-state index contributed by atoms with van der Waals surface area (Å²) in [5, 5.41) is 24.0. The molecule has 350 valence electrons. The third kappa shape index (κ3) is 12.0. The van der Waals surface area contributed by atoms with Crippen molar-refractivity contribution in [2.45, 2.75) is 83.7 Å². The summed E-state index contributed by atoms with van der Waals surface area (Å²) in [6.07, 6.45) is -3.13. The van der Waals surface area contributed by atoms with Gasteiger partial charge in [0.25, 0.3) is 11.8 Å². The zero-order valence-electron chi connectivity index (χ0n) is 36.5. The van der Waals surface area contributed by atoms with Gasteiger partial charge in [-0.05, 0) is 122 Å². The zero-order chi connectivity index (χ0) is 47.6. The summed E-state index contributed by atoms with van der Waals surface area (Å²) in [7, 11) is 0. The van der Waals surface area contributed by atoms with Crippen LogP contribution in [-0.4, -0.2) is 78.5 Å². The summed E-state index contributed by atoms with van der Waals surface area (Å²) in [6, 6.07) is 22.5. The molecule has 2 saturated carbocycles. The van der Waals surface area contributed by atoms with Crippen molar-refractivity contribution in [1.29, 1.82) is 0 Å². The fourth-order valence-corrected chi connectivity index (χ4v) is 7.70. The summed E-state index contributed by atoms with van der Waals surface area (Å²) < 4.78 is 79.4. The van der Waals surface area contributed by atoms with Crippen molar-refractivity contribution in [2.75, 3.05) is 29.0 Å². The number of nitrogens with one attached hydrogen (secondary N) is 5. The summed E-state index contributed by atoms with van der Waals surface area (Å²) in [6.45, 7) is 5.15. The van der Waals surface area contributed by atoms with Crippen LogP contribution in [0, 0.1) is 20.8 Å². The van der Waals surface area contributed by atoms with Crippen LogP contribution in [0.25, 0.3) is 33.8 Å². The van der Waals surface area contributed by atoms with E-state index in [4.69, 9.17) is 5.10 Å². The molecule has 67 heavy (non-hydrogen) atoms. The van der Waals surface area contributed by atoms with E-state index in [2.05, 4.69) is 57.6 Å². The van der Waals surface area contributed by atoms with Crippen molar-refractivity contribution in [1.82, 2.24) is 39.8 Å². The van der Waals surface area contributed by atoms with E-state index < -0.39 is 25.2 Å². The van der Waals surface area contributed by atoms with Crippen molar-refractivity contribution in [3.63, 3.8) is 0 Å². The van der Waals surface area contributed by atoms with Gasteiger partial charge in [-0.1, -0.05) is 24.3 Å². The van der Waals surface area contributed by atoms with E-state index in [0.717, 1.165) is 59.2 Å². The molecule has 0 atom stereocenters. The van der Waals surface area contributed by atoms with Crippen LogP contribution < -0.4 is 26.6 Å². The Hall–Kier alpha value is -6.70. The SMILES string of the molecule is Cc1cc(-c2cnc3c(NCCC(F)(F)F)cc(Br)nn23)ccc1C(=O)NC1CC1.Cc1cccc(Nc2cc(NCCC(F)(F)F)c3ncc(-c4ccc(C(=O)NC5CC5)c(C)c4)n3n2)c1. The van der Waals surface area contributed by atoms with Gasteiger partial charge in [0.1, 0.15) is 4.60 Å². The van der Waals surface area contributed by atoms with E-state index in [-0.39, 0.29) is 37.0 Å². The number of carbonyl (C=O) groups excluding carboxylic acids is 2. The third-order valence-corrected chi connectivity index (χ3v) is 11.4. The number of imidazole rings is 2. The van der Waals surface area contributed by atoms with Crippen LogP contribution in [0.3, 0.4) is 0 Å². The number of alkyl halides is 6. The number of hydrogen-bond donors (Lipinski definition) is 5. The monoisotopic (exact) mass is 989 g/mol. The summed E-state index contributed by atoms with van der Waals surface area (Å²) >= 11 is 3.31. The molecule has 3 aromatic carbocycles. The number of amides is 2. The average molecular weight is 991 g/mol. The molecular formula is C47H46BrF6N11O2. The van der Waals surface area contributed by atoms with E-state index in [1.165, 1.54) is 0 Å². The molecule has 0 aliphatic heterocycles. The minimum Gasteiger partial charge on any atom is -0.382 e. The van der Waals surface area contributed by atoms with Crippen molar-refractivity contribution < 1.29 is 35.9 Å². The highest BCUT2D eigenvalue weighted by Gasteiger charge is 2.29. The lowest BCUT2D eigenvalue weighted by Gasteiger charge is -2.14. The maximum atomic E-state index is 12.8. The quantitative estimate of drug-likeness (QED) is 0.0670. The number of fused-ring (bicyclic) bond motifs is 2. The third-order valence-electron chi connectivity index (χ3n) is 11.0. The summed E-state index contributed by atoms with van der Waals surface area (Å²) in [5.74, 6) is 0.268. The van der Waals surface area contributed by atoms with Crippen LogP contribution in [-0.2, 0) is 0 Å². The number of halogens is 7. The fourth-order valence-electron chi connectivity index (χ4n) is 7.31. The van der Waals surface area contributed by atoms with Crippen molar-refractivity contribution >= 4 is 61.9 Å². The Kier molecular flexibility index (Phi) is 13.5. The largest absolute Gasteiger partial charge is 0.390 e. The molecule has 0 spiro atoms. The molecule has 7 aromatic rings. The molecule has 2 fully saturated rings. The van der Waals surface area contributed by atoms with Gasteiger partial charge in [0, 0.05) is 59.2 Å². The smallest absolute Gasteiger partial charge is 0.382 e. The number of aromatic nitrogens is 6. The van der Waals surface area contributed by atoms with Gasteiger partial charge in [0.15, 0.2) is 17.1 Å². The molecule has 5 N–H and O–H groups in total. The van der Waals surface area contributed by atoms with Crippen molar-refractivity contribution in [3.05, 3.63) is 118 Å². The van der Waals surface area contributed by atoms with E-state index >= 15 is 0 Å². The van der Waals surface area contributed by atoms with Gasteiger partial charge in [-0.25, -0.2) is 19.0 Å². The molecule has 0 radical (unpaired) electrons. The van der Waals surface area contributed by atoms with Gasteiger partial charge < -0.3 is 26.6 Å². The second-order valence-corrected chi connectivity index (χ2v) is 17.5. The minimum atomic E-state index is -4.27. The van der Waals surface area contributed by atoms with Crippen molar-refractivity contribution in [3.8, 4) is 22.5 Å². The van der Waals surface area contributed by atoms with Gasteiger partial charge in [0.05, 0.1) is 48.0 Å². The molecule has 2 aliphatic rings. The molecule has 0 unspecified atom stereocenters. The molecule has 20 heteroatoms. The lowest BCUT2D eigenvalue weighted by molar-refractivity contribution is -0.132. The van der Waals surface area contributed by atoms with Gasteiger partial charge >= 0.3 is 12.4 Å². The second-order valence-electron chi connectivity index (χ2n) is 16.7. The first kappa shape index (κ1) is 46.8. The predicted octanol–water partition coefficient (Wildman–Crippen LogP) is 10.7. The van der Waals surface area contributed by atoms with Crippen LogP contribution >= 0.6 is 15.9 Å². The Labute approximate surface area is 389 Å². The van der Waals surface area contributed by atoms with E-state index in [0.29, 0.717) is 55.6 Å². The first-order chi connectivity index (χ1) is 31.9. The Morgan fingerprint density at radius 3 is 1.61 bits per heavy atom. The second kappa shape index (κ2) is 19.3. The van der Waals surface area contributed by atoms with E-state index in [1.807, 2.05) is 69.3 Å². The molecule has 0 saturated heterocycles. The Morgan fingerprint density at radius 1 is 0.657 bits per heavy atom. The number of carbonyl (C=O) groups is 2. The number of anilines is 4. The maximum absolute atomic E-state index is 12.8. The normalized spacial score (nSPS) is 13.8. The standard InChI is InChI=1S/C27H27F3N6O.C20H19BrF3N5O/c1-16-4-3-5-20(12-16)33-24-14-22(31-11-10-27(28,29)30)25-32-15-23(36(25)35-24)18-6-9-21(17(2)13-18)26(37)34-19-7-8-19;1-11-8-12(2-5-14(11)19(30)27-13-3-4-13)16-10-26-18-15(9-17(21)28-29(16)18)25-7-6-20(22,23)24/h3-6,9,12-15,19,31H,7-8,10-11H2,1-2H3,(H,33,35)(H,34,37);2,5,8-10,13,25H,3-4,6-7H2,1H3,(H,27,30). The van der Waals surface area contributed by atoms with Gasteiger partial charge in [-0.2, -0.15) is 31.4 Å². The molecule has 4 heterocycles. The highest BCUT2D eigenvalue weighted by Crippen LogP contribution is 2.32. The molecule has 0 bridgehead atoms. The molecule has 2 aliphatic carbocycles. The average Bonchev–Trinajstić information content (AvgIpc) is 4.17. The molecule has 2 amide bonds. The number of aryl methyl sites for hydroxylation is 3. The number of benzene rings is 3. The van der Waals surface area contributed by atoms with Crippen LogP contribution in [0.4, 0.5) is 49.2 Å². The number of rotatable bonds is 14. The number of hydrogen-bond acceptors (Lipinski definition) is 9. The predicted molar refractivity (Wildman–Crippen MR) is 248 cm³/mol. The van der Waals surface area contributed by atoms with Crippen molar-refractivity contribution in [2.24, 2.45) is 0 Å². The first-order valence-corrected chi connectivity index (χ1v) is 22.4. The summed E-state index contributed by atoms with van der Waals surface area (Å²) in [5.41, 5.74) is 9.31.